The standard InChI is InChI=1S/C16H14O/c1-13(11-12-17)14-7-9-16(10-8-14)15-5-3-2-4-6-15/h2-12H,1H3. The van der Waals surface area contributed by atoms with Crippen LogP contribution in [0.5, 0.6) is 0 Å². The van der Waals surface area contributed by atoms with Gasteiger partial charge in [-0.05, 0) is 35.3 Å². The maximum Gasteiger partial charge on any atom is 0.143 e. The van der Waals surface area contributed by atoms with Crippen molar-refractivity contribution in [1.29, 1.82) is 0 Å². The third kappa shape index (κ3) is 2.70. The third-order valence-corrected chi connectivity index (χ3v) is 2.77. The van der Waals surface area contributed by atoms with Gasteiger partial charge < -0.3 is 0 Å². The Balaban J connectivity index is 2.31. The second-order valence-electron chi connectivity index (χ2n) is 3.93. The van der Waals surface area contributed by atoms with Crippen LogP contribution in [0.3, 0.4) is 0 Å². The van der Waals surface area contributed by atoms with Crippen molar-refractivity contribution in [2.45, 2.75) is 6.92 Å². The SMILES string of the molecule is CC(=CC=O)c1ccc(-c2ccccc2)cc1. The lowest BCUT2D eigenvalue weighted by molar-refractivity contribution is -0.104. The molecule has 0 unspecified atom stereocenters. The minimum absolute atomic E-state index is 0.820. The number of hydrogen-bond donors (Lipinski definition) is 0. The minimum atomic E-state index is 0.820. The van der Waals surface area contributed by atoms with Crippen LogP contribution in [-0.4, -0.2) is 6.29 Å². The molecular formula is C16H14O. The first-order valence-electron chi connectivity index (χ1n) is 5.59. The molecule has 0 bridgehead atoms. The van der Waals surface area contributed by atoms with Gasteiger partial charge in [0.05, 0.1) is 0 Å². The summed E-state index contributed by atoms with van der Waals surface area (Å²) in [6, 6.07) is 18.5. The topological polar surface area (TPSA) is 17.1 Å². The molecule has 2 aromatic carbocycles. The molecule has 2 aromatic rings. The Morgan fingerprint density at radius 3 is 2.06 bits per heavy atom. The van der Waals surface area contributed by atoms with Gasteiger partial charge in [-0.25, -0.2) is 0 Å². The number of benzene rings is 2. The van der Waals surface area contributed by atoms with Crippen molar-refractivity contribution in [2.24, 2.45) is 0 Å². The fraction of sp³-hybridized carbons (Fsp3) is 0.0625. The number of aldehydes is 1. The molecule has 84 valence electrons. The smallest absolute Gasteiger partial charge is 0.143 e. The van der Waals surface area contributed by atoms with E-state index in [2.05, 4.69) is 24.3 Å². The van der Waals surface area contributed by atoms with E-state index >= 15 is 0 Å². The Bertz CT molecular complexity index is 521. The molecule has 0 saturated heterocycles. The van der Waals surface area contributed by atoms with Crippen LogP contribution in [0.15, 0.2) is 60.7 Å². The zero-order chi connectivity index (χ0) is 12.1. The molecule has 17 heavy (non-hydrogen) atoms. The average molecular weight is 222 g/mol. The Kier molecular flexibility index (Phi) is 3.51. The molecule has 0 aliphatic rings. The predicted molar refractivity (Wildman–Crippen MR) is 71.6 cm³/mol. The number of carbonyl (C=O) groups is 1. The number of hydrogen-bond acceptors (Lipinski definition) is 1. The number of rotatable bonds is 3. The van der Waals surface area contributed by atoms with Crippen LogP contribution >= 0.6 is 0 Å². The summed E-state index contributed by atoms with van der Waals surface area (Å²) in [6.07, 6.45) is 2.40. The van der Waals surface area contributed by atoms with E-state index in [1.165, 1.54) is 11.1 Å². The highest BCUT2D eigenvalue weighted by molar-refractivity contribution is 5.81. The zero-order valence-corrected chi connectivity index (χ0v) is 9.76. The Morgan fingerprint density at radius 2 is 1.47 bits per heavy atom. The van der Waals surface area contributed by atoms with Gasteiger partial charge in [0, 0.05) is 0 Å². The van der Waals surface area contributed by atoms with E-state index in [1.807, 2.05) is 37.3 Å². The van der Waals surface area contributed by atoms with Crippen LogP contribution in [0.25, 0.3) is 16.7 Å². The Morgan fingerprint density at radius 1 is 0.882 bits per heavy atom. The predicted octanol–water partition coefficient (Wildman–Crippen LogP) is 3.96. The van der Waals surface area contributed by atoms with E-state index in [0.29, 0.717) is 0 Å². The maximum absolute atomic E-state index is 10.4. The molecular weight excluding hydrogens is 208 g/mol. The molecule has 1 nitrogen and oxygen atoms in total. The Labute approximate surface area is 101 Å². The van der Waals surface area contributed by atoms with Crippen molar-refractivity contribution in [3.05, 3.63) is 66.2 Å². The first kappa shape index (κ1) is 11.3. The molecule has 0 N–H and O–H groups in total. The first-order valence-corrected chi connectivity index (χ1v) is 5.59. The molecule has 0 saturated carbocycles. The second kappa shape index (κ2) is 5.26. The summed E-state index contributed by atoms with van der Waals surface area (Å²) in [5.41, 5.74) is 4.46. The van der Waals surface area contributed by atoms with E-state index in [1.54, 1.807) is 6.08 Å². The van der Waals surface area contributed by atoms with Crippen LogP contribution < -0.4 is 0 Å². The molecule has 0 amide bonds. The molecule has 0 radical (unpaired) electrons. The van der Waals surface area contributed by atoms with Gasteiger partial charge in [0.25, 0.3) is 0 Å². The van der Waals surface area contributed by atoms with Gasteiger partial charge in [0.15, 0.2) is 0 Å². The maximum atomic E-state index is 10.4. The van der Waals surface area contributed by atoms with Gasteiger partial charge in [-0.3, -0.25) is 4.79 Å². The van der Waals surface area contributed by atoms with E-state index in [-0.39, 0.29) is 0 Å². The third-order valence-electron chi connectivity index (χ3n) is 2.77. The number of allylic oxidation sites excluding steroid dienone is 2. The molecule has 0 aliphatic carbocycles. The molecule has 0 fully saturated rings. The zero-order valence-electron chi connectivity index (χ0n) is 9.76. The molecule has 1 heteroatoms. The van der Waals surface area contributed by atoms with Crippen LogP contribution in [0.1, 0.15) is 12.5 Å². The molecule has 0 aromatic heterocycles. The summed E-state index contributed by atoms with van der Waals surface area (Å²) < 4.78 is 0. The van der Waals surface area contributed by atoms with E-state index in [9.17, 15) is 4.79 Å². The van der Waals surface area contributed by atoms with E-state index in [4.69, 9.17) is 0 Å². The molecule has 0 atom stereocenters. The Hall–Kier alpha value is -2.15. The fourth-order valence-electron chi connectivity index (χ4n) is 1.75. The molecule has 0 aliphatic heterocycles. The van der Waals surface area contributed by atoms with Gasteiger partial charge in [-0.2, -0.15) is 0 Å². The van der Waals surface area contributed by atoms with Crippen LogP contribution in [0.2, 0.25) is 0 Å². The van der Waals surface area contributed by atoms with E-state index in [0.717, 1.165) is 17.4 Å². The summed E-state index contributed by atoms with van der Waals surface area (Å²) >= 11 is 0. The van der Waals surface area contributed by atoms with Crippen molar-refractivity contribution >= 4 is 11.9 Å². The normalized spacial score (nSPS) is 11.2. The highest BCUT2D eigenvalue weighted by atomic mass is 16.1. The second-order valence-corrected chi connectivity index (χ2v) is 3.93. The quantitative estimate of drug-likeness (QED) is 0.567. The van der Waals surface area contributed by atoms with Crippen LogP contribution in [-0.2, 0) is 4.79 Å². The highest BCUT2D eigenvalue weighted by Gasteiger charge is 1.98. The molecule has 0 heterocycles. The van der Waals surface area contributed by atoms with E-state index < -0.39 is 0 Å². The van der Waals surface area contributed by atoms with Crippen molar-refractivity contribution < 1.29 is 4.79 Å². The fourth-order valence-corrected chi connectivity index (χ4v) is 1.75. The minimum Gasteiger partial charge on any atom is -0.299 e. The molecule has 0 spiro atoms. The van der Waals surface area contributed by atoms with Gasteiger partial charge in [0.1, 0.15) is 6.29 Å². The van der Waals surface area contributed by atoms with Crippen LogP contribution in [0, 0.1) is 0 Å². The summed E-state index contributed by atoms with van der Waals surface area (Å²) in [6.45, 7) is 1.94. The van der Waals surface area contributed by atoms with Crippen molar-refractivity contribution in [3.63, 3.8) is 0 Å². The van der Waals surface area contributed by atoms with Crippen molar-refractivity contribution in [2.75, 3.05) is 0 Å². The van der Waals surface area contributed by atoms with Gasteiger partial charge in [0.2, 0.25) is 0 Å². The first-order chi connectivity index (χ1) is 8.31. The van der Waals surface area contributed by atoms with Gasteiger partial charge >= 0.3 is 0 Å². The largest absolute Gasteiger partial charge is 0.299 e. The highest BCUT2D eigenvalue weighted by Crippen LogP contribution is 2.21. The summed E-state index contributed by atoms with van der Waals surface area (Å²) in [4.78, 5) is 10.4. The van der Waals surface area contributed by atoms with Crippen LogP contribution in [0.4, 0.5) is 0 Å². The average Bonchev–Trinajstić information content (AvgIpc) is 2.40. The lowest BCUT2D eigenvalue weighted by Crippen LogP contribution is -1.82. The monoisotopic (exact) mass is 222 g/mol. The lowest BCUT2D eigenvalue weighted by atomic mass is 10.0. The molecule has 2 rings (SSSR count). The van der Waals surface area contributed by atoms with Gasteiger partial charge in [-0.15, -0.1) is 0 Å². The number of carbonyl (C=O) groups excluding carboxylic acids is 1. The summed E-state index contributed by atoms with van der Waals surface area (Å²) in [7, 11) is 0. The lowest BCUT2D eigenvalue weighted by Gasteiger charge is -2.04. The summed E-state index contributed by atoms with van der Waals surface area (Å²) in [5, 5.41) is 0. The van der Waals surface area contributed by atoms with Crippen molar-refractivity contribution in [1.82, 2.24) is 0 Å². The summed E-state index contributed by atoms with van der Waals surface area (Å²) in [5.74, 6) is 0. The van der Waals surface area contributed by atoms with Gasteiger partial charge in [-0.1, -0.05) is 54.6 Å². The van der Waals surface area contributed by atoms with Crippen molar-refractivity contribution in [3.8, 4) is 11.1 Å².